The molecule has 0 spiro atoms. The highest BCUT2D eigenvalue weighted by Gasteiger charge is 2.36. The predicted octanol–water partition coefficient (Wildman–Crippen LogP) is 5.79. The van der Waals surface area contributed by atoms with Crippen molar-refractivity contribution >= 4 is 23.5 Å². The molecule has 0 aliphatic carbocycles. The second kappa shape index (κ2) is 10.2. The van der Waals surface area contributed by atoms with E-state index in [1.54, 1.807) is 0 Å². The van der Waals surface area contributed by atoms with E-state index in [1.807, 2.05) is 0 Å². The third kappa shape index (κ3) is 6.42. The number of methoxy groups -OCH3 is 1. The number of carbonyl (C=O) groups excluding carboxylic acids is 1. The number of ether oxygens (including phenoxy) is 1. The van der Waals surface area contributed by atoms with Crippen LogP contribution in [0, 0.1) is 11.3 Å². The van der Waals surface area contributed by atoms with Gasteiger partial charge in [0.15, 0.2) is 0 Å². The summed E-state index contributed by atoms with van der Waals surface area (Å²) in [5.74, 6) is -0.953. The number of alkyl halides is 6. The minimum absolute atomic E-state index is 0.0775. The van der Waals surface area contributed by atoms with Gasteiger partial charge in [0.2, 0.25) is 5.91 Å². The van der Waals surface area contributed by atoms with Crippen LogP contribution in [0.15, 0.2) is 53.7 Å². The highest BCUT2D eigenvalue weighted by molar-refractivity contribution is 8.00. The highest BCUT2D eigenvalue weighted by Crippen LogP contribution is 2.38. The van der Waals surface area contributed by atoms with Gasteiger partial charge >= 0.3 is 12.4 Å². The Hall–Kier alpha value is -3.79. The van der Waals surface area contributed by atoms with Crippen LogP contribution in [0.2, 0.25) is 0 Å². The lowest BCUT2D eigenvalue weighted by Gasteiger charge is -2.14. The standard InChI is InChI=1S/C22H14F6N4O2S/c1-34-14-5-2-12(3-6-14)17-8-16(22(26,27)28)15(9-29)20(31-17)35-11-19(33)32-18-7-4-13(10-30-18)21(23,24)25/h2-8,10H,11H2,1H3,(H,30,32,33). The van der Waals surface area contributed by atoms with E-state index in [-0.39, 0.29) is 16.5 Å². The van der Waals surface area contributed by atoms with Crippen LogP contribution in [0.5, 0.6) is 5.75 Å². The van der Waals surface area contributed by atoms with Crippen molar-refractivity contribution in [2.24, 2.45) is 0 Å². The molecule has 6 nitrogen and oxygen atoms in total. The maximum absolute atomic E-state index is 13.7. The molecule has 0 aliphatic rings. The van der Waals surface area contributed by atoms with Crippen LogP contribution in [-0.4, -0.2) is 28.7 Å². The fraction of sp³-hybridized carbons (Fsp3) is 0.182. The first-order valence-electron chi connectivity index (χ1n) is 9.55. The minimum Gasteiger partial charge on any atom is -0.497 e. The Kier molecular flexibility index (Phi) is 7.54. The van der Waals surface area contributed by atoms with Gasteiger partial charge in [-0.2, -0.15) is 31.6 Å². The lowest BCUT2D eigenvalue weighted by atomic mass is 10.1. The highest BCUT2D eigenvalue weighted by atomic mass is 32.2. The van der Waals surface area contributed by atoms with Gasteiger partial charge in [0.05, 0.1) is 35.2 Å². The number of nitriles is 1. The molecule has 0 aliphatic heterocycles. The molecule has 3 rings (SSSR count). The maximum Gasteiger partial charge on any atom is 0.417 e. The first kappa shape index (κ1) is 25.8. The molecular weight excluding hydrogens is 498 g/mol. The van der Waals surface area contributed by atoms with Gasteiger partial charge in [-0.15, -0.1) is 0 Å². The van der Waals surface area contributed by atoms with Gasteiger partial charge in [-0.3, -0.25) is 4.79 Å². The van der Waals surface area contributed by atoms with Crippen molar-refractivity contribution in [1.29, 1.82) is 5.26 Å². The molecule has 2 aromatic heterocycles. The lowest BCUT2D eigenvalue weighted by Crippen LogP contribution is -2.16. The van der Waals surface area contributed by atoms with Crippen LogP contribution in [0.1, 0.15) is 16.7 Å². The summed E-state index contributed by atoms with van der Waals surface area (Å²) in [7, 11) is 1.43. The molecule has 2 heterocycles. The fourth-order valence-corrected chi connectivity index (χ4v) is 3.62. The molecule has 0 radical (unpaired) electrons. The third-order valence-corrected chi connectivity index (χ3v) is 5.46. The van der Waals surface area contributed by atoms with Crippen LogP contribution in [0.4, 0.5) is 32.2 Å². The average molecular weight is 512 g/mol. The molecule has 0 fully saturated rings. The van der Waals surface area contributed by atoms with Crippen LogP contribution in [0.3, 0.4) is 0 Å². The van der Waals surface area contributed by atoms with Crippen molar-refractivity contribution in [2.75, 3.05) is 18.2 Å². The van der Waals surface area contributed by atoms with Gasteiger partial charge < -0.3 is 10.1 Å². The summed E-state index contributed by atoms with van der Waals surface area (Å²) in [6, 6.07) is 9.93. The summed E-state index contributed by atoms with van der Waals surface area (Å²) in [5, 5.41) is 11.3. The summed E-state index contributed by atoms with van der Waals surface area (Å²) < 4.78 is 83.9. The van der Waals surface area contributed by atoms with Crippen molar-refractivity contribution in [2.45, 2.75) is 17.4 Å². The third-order valence-electron chi connectivity index (χ3n) is 4.49. The number of hydrogen-bond donors (Lipinski definition) is 1. The molecule has 0 bridgehead atoms. The minimum atomic E-state index is -4.86. The molecule has 1 amide bonds. The Balaban J connectivity index is 1.85. The van der Waals surface area contributed by atoms with Gasteiger partial charge in [-0.25, -0.2) is 9.97 Å². The number of nitrogens with one attached hydrogen (secondary N) is 1. The Morgan fingerprint density at radius 2 is 1.77 bits per heavy atom. The van der Waals surface area contributed by atoms with Gasteiger partial charge in [-0.1, -0.05) is 11.8 Å². The number of halogens is 6. The largest absolute Gasteiger partial charge is 0.497 e. The number of anilines is 1. The Bertz CT molecular complexity index is 1250. The van der Waals surface area contributed by atoms with E-state index < -0.39 is 40.7 Å². The molecule has 182 valence electrons. The van der Waals surface area contributed by atoms with Gasteiger partial charge in [0.25, 0.3) is 0 Å². The van der Waals surface area contributed by atoms with Gasteiger partial charge in [0, 0.05) is 11.8 Å². The van der Waals surface area contributed by atoms with Crippen LogP contribution in [-0.2, 0) is 17.1 Å². The van der Waals surface area contributed by atoms with Gasteiger partial charge in [0.1, 0.15) is 22.7 Å². The zero-order chi connectivity index (χ0) is 25.8. The summed E-state index contributed by atoms with van der Waals surface area (Å²) in [6.45, 7) is 0. The fourth-order valence-electron chi connectivity index (χ4n) is 2.82. The monoisotopic (exact) mass is 512 g/mol. The van der Waals surface area contributed by atoms with E-state index in [0.29, 0.717) is 29.3 Å². The van der Waals surface area contributed by atoms with Crippen molar-refractivity contribution in [3.8, 4) is 23.1 Å². The van der Waals surface area contributed by atoms with Crippen molar-refractivity contribution in [1.82, 2.24) is 9.97 Å². The molecule has 0 unspecified atom stereocenters. The number of aromatic nitrogens is 2. The second-order valence-corrected chi connectivity index (χ2v) is 7.80. The van der Waals surface area contributed by atoms with E-state index in [4.69, 9.17) is 4.74 Å². The first-order valence-corrected chi connectivity index (χ1v) is 10.5. The molecule has 1 N–H and O–H groups in total. The smallest absolute Gasteiger partial charge is 0.417 e. The second-order valence-electron chi connectivity index (χ2n) is 6.84. The molecule has 35 heavy (non-hydrogen) atoms. The number of pyridine rings is 2. The molecule has 0 saturated heterocycles. The SMILES string of the molecule is COc1ccc(-c2cc(C(F)(F)F)c(C#N)c(SCC(=O)Nc3ccc(C(F)(F)F)cn3)n2)cc1. The van der Waals surface area contributed by atoms with E-state index in [1.165, 1.54) is 37.4 Å². The lowest BCUT2D eigenvalue weighted by molar-refractivity contribution is -0.138. The van der Waals surface area contributed by atoms with E-state index >= 15 is 0 Å². The normalized spacial score (nSPS) is 11.6. The summed E-state index contributed by atoms with van der Waals surface area (Å²) in [4.78, 5) is 19.9. The predicted molar refractivity (Wildman–Crippen MR) is 115 cm³/mol. The Morgan fingerprint density at radius 1 is 1.09 bits per heavy atom. The molecule has 3 aromatic rings. The first-order chi connectivity index (χ1) is 16.4. The summed E-state index contributed by atoms with van der Waals surface area (Å²) in [6.07, 6.45) is -8.93. The number of carbonyl (C=O) groups is 1. The molecule has 0 saturated carbocycles. The van der Waals surface area contributed by atoms with E-state index in [9.17, 15) is 36.4 Å². The van der Waals surface area contributed by atoms with E-state index in [0.717, 1.165) is 18.2 Å². The zero-order valence-corrected chi connectivity index (χ0v) is 18.5. The summed E-state index contributed by atoms with van der Waals surface area (Å²) >= 11 is 0.575. The molecule has 1 aromatic carbocycles. The average Bonchev–Trinajstić information content (AvgIpc) is 2.81. The number of thioether (sulfide) groups is 1. The number of amides is 1. The number of rotatable bonds is 6. The number of hydrogen-bond acceptors (Lipinski definition) is 6. The molecule has 0 atom stereocenters. The number of benzene rings is 1. The quantitative estimate of drug-likeness (QED) is 0.332. The van der Waals surface area contributed by atoms with Crippen LogP contribution < -0.4 is 10.1 Å². The Morgan fingerprint density at radius 3 is 2.29 bits per heavy atom. The van der Waals surface area contributed by atoms with Crippen LogP contribution >= 0.6 is 11.8 Å². The zero-order valence-electron chi connectivity index (χ0n) is 17.7. The van der Waals surface area contributed by atoms with Gasteiger partial charge in [-0.05, 0) is 42.5 Å². The van der Waals surface area contributed by atoms with Crippen LogP contribution in [0.25, 0.3) is 11.3 Å². The summed E-state index contributed by atoms with van der Waals surface area (Å²) in [5.41, 5.74) is -2.73. The van der Waals surface area contributed by atoms with E-state index in [2.05, 4.69) is 15.3 Å². The molecular formula is C22H14F6N4O2S. The maximum atomic E-state index is 13.7. The van der Waals surface area contributed by atoms with Crippen molar-refractivity contribution < 1.29 is 35.9 Å². The van der Waals surface area contributed by atoms with Crippen molar-refractivity contribution in [3.05, 3.63) is 65.4 Å². The number of nitrogens with zero attached hydrogens (tertiary/aromatic N) is 3. The topological polar surface area (TPSA) is 87.9 Å². The molecule has 13 heteroatoms. The van der Waals surface area contributed by atoms with Crippen molar-refractivity contribution in [3.63, 3.8) is 0 Å². The Labute approximate surface area is 199 Å².